The molecule has 2 fully saturated rings. The van der Waals surface area contributed by atoms with Gasteiger partial charge in [-0.1, -0.05) is 0 Å². The van der Waals surface area contributed by atoms with Crippen LogP contribution in [0.5, 0.6) is 0 Å². The fourth-order valence-electron chi connectivity index (χ4n) is 5.03. The smallest absolute Gasteiger partial charge is 0.251 e. The van der Waals surface area contributed by atoms with Gasteiger partial charge in [-0.2, -0.15) is 0 Å². The Labute approximate surface area is 170 Å². The van der Waals surface area contributed by atoms with Crippen molar-refractivity contribution in [3.05, 3.63) is 40.6 Å². The molecule has 0 spiro atoms. The van der Waals surface area contributed by atoms with E-state index in [4.69, 9.17) is 10.5 Å². The molecule has 5 heterocycles. The summed E-state index contributed by atoms with van der Waals surface area (Å²) in [6.07, 6.45) is 2.61. The number of rotatable bonds is 4. The molecule has 0 amide bonds. The van der Waals surface area contributed by atoms with Crippen LogP contribution in [-0.2, 0) is 11.3 Å². The first-order valence-electron chi connectivity index (χ1n) is 10.5. The maximum absolute atomic E-state index is 12.8. The largest absolute Gasteiger partial charge is 0.384 e. The number of ether oxygens (including phenoxy) is 1. The Morgan fingerprint density at radius 1 is 1.03 bits per heavy atom. The fraction of sp³-hybridized carbons (Fsp3) is 0.571. The minimum Gasteiger partial charge on any atom is -0.384 e. The molecule has 5 rings (SSSR count). The first kappa shape index (κ1) is 18.7. The van der Waals surface area contributed by atoms with Gasteiger partial charge >= 0.3 is 0 Å². The summed E-state index contributed by atoms with van der Waals surface area (Å²) in [6, 6.07) is 5.55. The molecule has 2 aromatic heterocycles. The highest BCUT2D eigenvalue weighted by molar-refractivity contribution is 5.61. The Morgan fingerprint density at radius 2 is 1.86 bits per heavy atom. The summed E-state index contributed by atoms with van der Waals surface area (Å²) < 4.78 is 7.43. The molecule has 2 bridgehead atoms. The van der Waals surface area contributed by atoms with Gasteiger partial charge in [-0.15, -0.1) is 0 Å². The first-order chi connectivity index (χ1) is 14.2. The summed E-state index contributed by atoms with van der Waals surface area (Å²) in [7, 11) is 0. The zero-order valence-corrected chi connectivity index (χ0v) is 16.7. The predicted molar refractivity (Wildman–Crippen MR) is 111 cm³/mol. The average molecular weight is 396 g/mol. The van der Waals surface area contributed by atoms with Gasteiger partial charge in [-0.05, 0) is 18.4 Å². The molecule has 0 saturated carbocycles. The SMILES string of the molecule is Nc1cc(-c2cc3n(c(=O)c2)C[C@H]2C[C@@H]3CN(CCN3CCOCC3)C2)ncn1. The predicted octanol–water partition coefficient (Wildman–Crippen LogP) is 0.639. The van der Waals surface area contributed by atoms with Crippen molar-refractivity contribution in [2.24, 2.45) is 5.92 Å². The minimum absolute atomic E-state index is 0.0613. The van der Waals surface area contributed by atoms with E-state index in [9.17, 15) is 4.79 Å². The van der Waals surface area contributed by atoms with Gasteiger partial charge in [0.2, 0.25) is 0 Å². The van der Waals surface area contributed by atoms with Crippen LogP contribution in [0.25, 0.3) is 11.3 Å². The van der Waals surface area contributed by atoms with Crippen molar-refractivity contribution in [3.8, 4) is 11.3 Å². The number of anilines is 1. The van der Waals surface area contributed by atoms with Gasteiger partial charge in [0, 0.05) is 75.1 Å². The van der Waals surface area contributed by atoms with E-state index in [0.29, 0.717) is 23.3 Å². The molecule has 2 atom stereocenters. The Bertz CT molecular complexity index is 939. The number of nitrogen functional groups attached to an aromatic ring is 1. The fourth-order valence-corrected chi connectivity index (χ4v) is 5.03. The quantitative estimate of drug-likeness (QED) is 0.811. The average Bonchev–Trinajstić information content (AvgIpc) is 2.73. The van der Waals surface area contributed by atoms with Crippen LogP contribution >= 0.6 is 0 Å². The van der Waals surface area contributed by atoms with Crippen LogP contribution < -0.4 is 11.3 Å². The summed E-state index contributed by atoms with van der Waals surface area (Å²) in [5.41, 5.74) is 8.55. The number of fused-ring (bicyclic) bond motifs is 4. The highest BCUT2D eigenvalue weighted by atomic mass is 16.5. The molecular weight excluding hydrogens is 368 g/mol. The second kappa shape index (κ2) is 7.85. The van der Waals surface area contributed by atoms with E-state index in [1.807, 2.05) is 4.57 Å². The molecule has 154 valence electrons. The van der Waals surface area contributed by atoms with Crippen molar-refractivity contribution in [3.63, 3.8) is 0 Å². The topological polar surface area (TPSA) is 89.5 Å². The van der Waals surface area contributed by atoms with E-state index in [1.54, 1.807) is 12.1 Å². The highest BCUT2D eigenvalue weighted by Gasteiger charge is 2.35. The number of likely N-dealkylation sites (tertiary alicyclic amines) is 1. The van der Waals surface area contributed by atoms with Crippen LogP contribution in [0.4, 0.5) is 5.82 Å². The second-order valence-corrected chi connectivity index (χ2v) is 8.46. The van der Waals surface area contributed by atoms with Crippen LogP contribution in [-0.4, -0.2) is 76.8 Å². The van der Waals surface area contributed by atoms with Crippen molar-refractivity contribution < 1.29 is 4.74 Å². The third-order valence-electron chi connectivity index (χ3n) is 6.45. The molecule has 3 aliphatic rings. The summed E-state index contributed by atoms with van der Waals surface area (Å²) in [4.78, 5) is 26.2. The van der Waals surface area contributed by atoms with Crippen molar-refractivity contribution in [1.29, 1.82) is 0 Å². The van der Waals surface area contributed by atoms with Crippen LogP contribution in [0.2, 0.25) is 0 Å². The number of morpholine rings is 1. The standard InChI is InChI=1S/C21H28N6O2/c22-20-10-18(23-14-24-20)16-8-19-17-7-15(12-27(19)21(28)9-16)11-26(13-17)2-1-25-3-5-29-6-4-25/h8-10,14-15,17H,1-7,11-13H2,(H2,22,23,24)/t15-,17+/m0/s1. The minimum atomic E-state index is 0.0613. The van der Waals surface area contributed by atoms with E-state index < -0.39 is 0 Å². The monoisotopic (exact) mass is 396 g/mol. The van der Waals surface area contributed by atoms with Gasteiger partial charge in [0.25, 0.3) is 5.56 Å². The number of pyridine rings is 1. The van der Waals surface area contributed by atoms with Gasteiger partial charge in [0.05, 0.1) is 18.9 Å². The summed E-state index contributed by atoms with van der Waals surface area (Å²) >= 11 is 0. The maximum atomic E-state index is 12.8. The lowest BCUT2D eigenvalue weighted by Gasteiger charge is -2.43. The summed E-state index contributed by atoms with van der Waals surface area (Å²) in [5, 5.41) is 0. The molecule has 2 aromatic rings. The van der Waals surface area contributed by atoms with Crippen LogP contribution in [0, 0.1) is 5.92 Å². The second-order valence-electron chi connectivity index (χ2n) is 8.46. The molecule has 29 heavy (non-hydrogen) atoms. The van der Waals surface area contributed by atoms with Crippen molar-refractivity contribution in [2.75, 3.05) is 58.2 Å². The van der Waals surface area contributed by atoms with E-state index >= 15 is 0 Å². The zero-order chi connectivity index (χ0) is 19.8. The van der Waals surface area contributed by atoms with E-state index in [1.165, 1.54) is 6.33 Å². The van der Waals surface area contributed by atoms with Gasteiger partial charge < -0.3 is 19.9 Å². The Hall–Kier alpha value is -2.29. The van der Waals surface area contributed by atoms with Crippen molar-refractivity contribution >= 4 is 5.82 Å². The number of piperidine rings is 1. The van der Waals surface area contributed by atoms with Gasteiger partial charge in [0.15, 0.2) is 0 Å². The number of nitrogens with two attached hydrogens (primary N) is 1. The Balaban J connectivity index is 1.36. The summed E-state index contributed by atoms with van der Waals surface area (Å²) in [5.74, 6) is 1.35. The third kappa shape index (κ3) is 3.92. The van der Waals surface area contributed by atoms with E-state index in [0.717, 1.165) is 76.7 Å². The van der Waals surface area contributed by atoms with Gasteiger partial charge in [-0.25, -0.2) is 9.97 Å². The molecule has 0 aromatic carbocycles. The molecule has 0 unspecified atom stereocenters. The lowest BCUT2D eigenvalue weighted by molar-refractivity contribution is 0.0282. The molecule has 0 radical (unpaired) electrons. The number of hydrogen-bond acceptors (Lipinski definition) is 7. The molecular formula is C21H28N6O2. The normalized spacial score (nSPS) is 25.0. The molecule has 0 aliphatic carbocycles. The summed E-state index contributed by atoms with van der Waals surface area (Å²) in [6.45, 7) is 8.83. The zero-order valence-electron chi connectivity index (χ0n) is 16.7. The van der Waals surface area contributed by atoms with Crippen LogP contribution in [0.15, 0.2) is 29.3 Å². The number of aromatic nitrogens is 3. The number of nitrogens with zero attached hydrogens (tertiary/aromatic N) is 5. The van der Waals surface area contributed by atoms with Crippen LogP contribution in [0.3, 0.4) is 0 Å². The number of hydrogen-bond donors (Lipinski definition) is 1. The molecule has 8 nitrogen and oxygen atoms in total. The molecule has 2 N–H and O–H groups in total. The molecule has 2 saturated heterocycles. The molecule has 8 heteroatoms. The van der Waals surface area contributed by atoms with Gasteiger partial charge in [-0.3, -0.25) is 9.69 Å². The van der Waals surface area contributed by atoms with Crippen LogP contribution in [0.1, 0.15) is 18.0 Å². The Morgan fingerprint density at radius 3 is 2.69 bits per heavy atom. The van der Waals surface area contributed by atoms with Crippen molar-refractivity contribution in [1.82, 2.24) is 24.3 Å². The lowest BCUT2D eigenvalue weighted by Crippen LogP contribution is -2.49. The van der Waals surface area contributed by atoms with E-state index in [-0.39, 0.29) is 5.56 Å². The maximum Gasteiger partial charge on any atom is 0.251 e. The Kier molecular flexibility index (Phi) is 5.07. The third-order valence-corrected chi connectivity index (χ3v) is 6.45. The first-order valence-corrected chi connectivity index (χ1v) is 10.5. The van der Waals surface area contributed by atoms with E-state index in [2.05, 4.69) is 25.8 Å². The van der Waals surface area contributed by atoms with Gasteiger partial charge in [0.1, 0.15) is 12.1 Å². The lowest BCUT2D eigenvalue weighted by atomic mass is 9.82. The highest BCUT2D eigenvalue weighted by Crippen LogP contribution is 2.36. The van der Waals surface area contributed by atoms with Crippen molar-refractivity contribution in [2.45, 2.75) is 18.9 Å². The molecule has 3 aliphatic heterocycles.